The van der Waals surface area contributed by atoms with E-state index in [1.54, 1.807) is 12.3 Å². The van der Waals surface area contributed by atoms with Crippen molar-refractivity contribution in [3.8, 4) is 0 Å². The second-order valence-corrected chi connectivity index (χ2v) is 3.83. The zero-order chi connectivity index (χ0) is 13.1. The Morgan fingerprint density at radius 1 is 1.44 bits per heavy atom. The van der Waals surface area contributed by atoms with Gasteiger partial charge >= 0.3 is 0 Å². The zero-order valence-electron chi connectivity index (χ0n) is 10.1. The normalized spacial score (nSPS) is 10.2. The van der Waals surface area contributed by atoms with Crippen LogP contribution in [0.25, 0.3) is 0 Å². The van der Waals surface area contributed by atoms with Crippen molar-refractivity contribution in [2.45, 2.75) is 13.8 Å². The summed E-state index contributed by atoms with van der Waals surface area (Å²) in [5.74, 6) is 5.06. The number of aryl methyl sites for hydroxylation is 2. The SMILES string of the molecule is Cc1n[nH]c(C)c1NC(=O)c1cnccc1NN. The molecule has 5 N–H and O–H groups in total. The number of carbonyl (C=O) groups excluding carboxylic acids is 1. The van der Waals surface area contributed by atoms with Gasteiger partial charge in [-0.2, -0.15) is 5.10 Å². The first kappa shape index (κ1) is 12.1. The lowest BCUT2D eigenvalue weighted by Gasteiger charge is -2.08. The fraction of sp³-hybridized carbons (Fsp3) is 0.182. The molecule has 0 saturated carbocycles. The monoisotopic (exact) mass is 246 g/mol. The van der Waals surface area contributed by atoms with Gasteiger partial charge in [-0.25, -0.2) is 0 Å². The van der Waals surface area contributed by atoms with E-state index in [2.05, 4.69) is 25.9 Å². The van der Waals surface area contributed by atoms with Crippen LogP contribution in [0.15, 0.2) is 18.5 Å². The van der Waals surface area contributed by atoms with Gasteiger partial charge in [0.15, 0.2) is 0 Å². The summed E-state index contributed by atoms with van der Waals surface area (Å²) in [4.78, 5) is 16.0. The molecule has 0 aliphatic rings. The molecule has 2 aromatic rings. The molecule has 0 aliphatic carbocycles. The molecule has 0 radical (unpaired) electrons. The van der Waals surface area contributed by atoms with Crippen LogP contribution < -0.4 is 16.6 Å². The number of nitrogen functional groups attached to an aromatic ring is 1. The average molecular weight is 246 g/mol. The van der Waals surface area contributed by atoms with E-state index < -0.39 is 0 Å². The lowest BCUT2D eigenvalue weighted by atomic mass is 10.2. The number of amides is 1. The summed E-state index contributed by atoms with van der Waals surface area (Å²) < 4.78 is 0. The number of rotatable bonds is 3. The lowest BCUT2D eigenvalue weighted by Crippen LogP contribution is -2.18. The summed E-state index contributed by atoms with van der Waals surface area (Å²) in [6.07, 6.45) is 3.01. The first-order valence-corrected chi connectivity index (χ1v) is 5.37. The Kier molecular flexibility index (Phi) is 3.24. The summed E-state index contributed by atoms with van der Waals surface area (Å²) in [7, 11) is 0. The van der Waals surface area contributed by atoms with E-state index in [9.17, 15) is 4.79 Å². The van der Waals surface area contributed by atoms with Crippen molar-refractivity contribution in [3.63, 3.8) is 0 Å². The average Bonchev–Trinajstić information content (AvgIpc) is 2.70. The minimum Gasteiger partial charge on any atom is -0.323 e. The highest BCUT2D eigenvalue weighted by molar-refractivity contribution is 6.08. The third kappa shape index (κ3) is 2.16. The third-order valence-corrected chi connectivity index (χ3v) is 2.59. The Balaban J connectivity index is 2.28. The first-order chi connectivity index (χ1) is 8.63. The smallest absolute Gasteiger partial charge is 0.259 e. The van der Waals surface area contributed by atoms with Gasteiger partial charge in [-0.1, -0.05) is 0 Å². The maximum absolute atomic E-state index is 12.1. The van der Waals surface area contributed by atoms with Crippen molar-refractivity contribution in [1.29, 1.82) is 0 Å². The van der Waals surface area contributed by atoms with Crippen molar-refractivity contribution in [3.05, 3.63) is 35.4 Å². The largest absolute Gasteiger partial charge is 0.323 e. The van der Waals surface area contributed by atoms with Gasteiger partial charge in [0.05, 0.1) is 28.3 Å². The van der Waals surface area contributed by atoms with E-state index in [4.69, 9.17) is 5.84 Å². The van der Waals surface area contributed by atoms with Crippen LogP contribution in [-0.4, -0.2) is 21.1 Å². The van der Waals surface area contributed by atoms with Gasteiger partial charge in [-0.3, -0.25) is 20.7 Å². The summed E-state index contributed by atoms with van der Waals surface area (Å²) in [5.41, 5.74) is 5.55. The van der Waals surface area contributed by atoms with E-state index in [0.717, 1.165) is 11.4 Å². The van der Waals surface area contributed by atoms with Crippen molar-refractivity contribution in [2.24, 2.45) is 5.84 Å². The summed E-state index contributed by atoms with van der Waals surface area (Å²) in [6, 6.07) is 1.63. The number of H-pyrrole nitrogens is 1. The molecule has 1 amide bonds. The molecule has 18 heavy (non-hydrogen) atoms. The van der Waals surface area contributed by atoms with E-state index in [1.807, 2.05) is 13.8 Å². The predicted octanol–water partition coefficient (Wildman–Crippen LogP) is 0.959. The summed E-state index contributed by atoms with van der Waals surface area (Å²) in [5, 5.41) is 9.59. The van der Waals surface area contributed by atoms with Gasteiger partial charge in [-0.15, -0.1) is 0 Å². The van der Waals surface area contributed by atoms with Crippen LogP contribution in [0.3, 0.4) is 0 Å². The van der Waals surface area contributed by atoms with Crippen LogP contribution in [0.1, 0.15) is 21.7 Å². The molecular weight excluding hydrogens is 232 g/mol. The van der Waals surface area contributed by atoms with E-state index in [-0.39, 0.29) is 5.91 Å². The quantitative estimate of drug-likeness (QED) is 0.476. The molecule has 0 saturated heterocycles. The van der Waals surface area contributed by atoms with Gasteiger partial charge in [-0.05, 0) is 19.9 Å². The maximum Gasteiger partial charge on any atom is 0.259 e. The molecule has 0 unspecified atom stereocenters. The van der Waals surface area contributed by atoms with E-state index in [0.29, 0.717) is 16.9 Å². The highest BCUT2D eigenvalue weighted by Crippen LogP contribution is 2.19. The molecule has 7 nitrogen and oxygen atoms in total. The fourth-order valence-electron chi connectivity index (χ4n) is 1.62. The second kappa shape index (κ2) is 4.84. The standard InChI is InChI=1S/C11H14N6O/c1-6-10(7(2)17-16-6)14-11(18)8-5-13-4-3-9(8)15-12/h3-5H,12H2,1-2H3,(H,13,15)(H,14,18)(H,16,17). The van der Waals surface area contributed by atoms with Crippen LogP contribution in [0.2, 0.25) is 0 Å². The molecule has 2 aromatic heterocycles. The Hall–Kier alpha value is -2.41. The molecule has 0 aromatic carbocycles. The maximum atomic E-state index is 12.1. The van der Waals surface area contributed by atoms with Gasteiger partial charge in [0.1, 0.15) is 0 Å². The topological polar surface area (TPSA) is 109 Å². The van der Waals surface area contributed by atoms with Crippen LogP contribution in [-0.2, 0) is 0 Å². The molecular formula is C11H14N6O. The number of nitrogens with two attached hydrogens (primary N) is 1. The third-order valence-electron chi connectivity index (χ3n) is 2.59. The number of nitrogens with zero attached hydrogens (tertiary/aromatic N) is 2. The van der Waals surface area contributed by atoms with Crippen molar-refractivity contribution in [1.82, 2.24) is 15.2 Å². The highest BCUT2D eigenvalue weighted by Gasteiger charge is 2.14. The highest BCUT2D eigenvalue weighted by atomic mass is 16.1. The number of pyridine rings is 1. The van der Waals surface area contributed by atoms with Gasteiger partial charge in [0, 0.05) is 12.4 Å². The van der Waals surface area contributed by atoms with Crippen molar-refractivity contribution >= 4 is 17.3 Å². The molecule has 0 bridgehead atoms. The number of aromatic nitrogens is 3. The van der Waals surface area contributed by atoms with Crippen LogP contribution in [0.5, 0.6) is 0 Å². The van der Waals surface area contributed by atoms with Crippen LogP contribution in [0.4, 0.5) is 11.4 Å². The van der Waals surface area contributed by atoms with E-state index in [1.165, 1.54) is 6.20 Å². The Bertz CT molecular complexity index is 557. The lowest BCUT2D eigenvalue weighted by molar-refractivity contribution is 0.102. The molecule has 2 rings (SSSR count). The molecule has 0 aliphatic heterocycles. The van der Waals surface area contributed by atoms with E-state index >= 15 is 0 Å². The Morgan fingerprint density at radius 3 is 2.83 bits per heavy atom. The minimum absolute atomic E-state index is 0.288. The number of hydrogen-bond acceptors (Lipinski definition) is 5. The van der Waals surface area contributed by atoms with Gasteiger partial charge < -0.3 is 10.7 Å². The predicted molar refractivity (Wildman–Crippen MR) is 68.1 cm³/mol. The summed E-state index contributed by atoms with van der Waals surface area (Å²) in [6.45, 7) is 3.64. The number of aromatic amines is 1. The number of carbonyl (C=O) groups is 1. The van der Waals surface area contributed by atoms with Crippen LogP contribution in [0, 0.1) is 13.8 Å². The number of nitrogens with one attached hydrogen (secondary N) is 3. The molecule has 7 heteroatoms. The second-order valence-electron chi connectivity index (χ2n) is 3.83. The minimum atomic E-state index is -0.288. The van der Waals surface area contributed by atoms with Gasteiger partial charge in [0.2, 0.25) is 0 Å². The molecule has 94 valence electrons. The van der Waals surface area contributed by atoms with Gasteiger partial charge in [0.25, 0.3) is 5.91 Å². The molecule has 0 fully saturated rings. The Morgan fingerprint density at radius 2 is 2.22 bits per heavy atom. The first-order valence-electron chi connectivity index (χ1n) is 5.37. The molecule has 2 heterocycles. The number of anilines is 2. The van der Waals surface area contributed by atoms with Crippen molar-refractivity contribution in [2.75, 3.05) is 10.7 Å². The molecule has 0 atom stereocenters. The number of hydrazine groups is 1. The fourth-order valence-corrected chi connectivity index (χ4v) is 1.62. The summed E-state index contributed by atoms with van der Waals surface area (Å²) >= 11 is 0. The molecule has 0 spiro atoms. The number of hydrogen-bond donors (Lipinski definition) is 4. The Labute approximate surface area is 104 Å². The van der Waals surface area contributed by atoms with Crippen molar-refractivity contribution < 1.29 is 4.79 Å². The zero-order valence-corrected chi connectivity index (χ0v) is 10.1. The van der Waals surface area contributed by atoms with Crippen LogP contribution >= 0.6 is 0 Å².